The van der Waals surface area contributed by atoms with Crippen molar-refractivity contribution >= 4 is 33.4 Å². The van der Waals surface area contributed by atoms with Crippen LogP contribution in [0.4, 0.5) is 0 Å². The molecular weight excluding hydrogens is 354 g/mol. The van der Waals surface area contributed by atoms with Crippen LogP contribution in [0.25, 0.3) is 10.2 Å². The highest BCUT2D eigenvalue weighted by atomic mass is 32.1. The first-order valence-electron chi connectivity index (χ1n) is 8.53. The fraction of sp³-hybridized carbons (Fsp3) is 0.529. The van der Waals surface area contributed by atoms with Gasteiger partial charge < -0.3 is 15.5 Å². The van der Waals surface area contributed by atoms with Crippen molar-refractivity contribution in [3.8, 4) is 0 Å². The Morgan fingerprint density at radius 1 is 1.27 bits per heavy atom. The van der Waals surface area contributed by atoms with E-state index in [9.17, 15) is 14.4 Å². The molecular formula is C17H25N5O3S. The molecule has 0 aliphatic carbocycles. The lowest BCUT2D eigenvalue weighted by Gasteiger charge is -2.09. The summed E-state index contributed by atoms with van der Waals surface area (Å²) in [5.41, 5.74) is 0.302. The number of amides is 2. The Labute approximate surface area is 156 Å². The number of aryl methyl sites for hydroxylation is 1. The molecule has 0 unspecified atom stereocenters. The van der Waals surface area contributed by atoms with E-state index in [0.29, 0.717) is 33.7 Å². The van der Waals surface area contributed by atoms with E-state index in [2.05, 4.69) is 15.6 Å². The summed E-state index contributed by atoms with van der Waals surface area (Å²) >= 11 is 1.20. The average molecular weight is 379 g/mol. The summed E-state index contributed by atoms with van der Waals surface area (Å²) in [5, 5.41) is 5.99. The Kier molecular flexibility index (Phi) is 6.87. The summed E-state index contributed by atoms with van der Waals surface area (Å²) in [7, 11) is 3.86. The van der Waals surface area contributed by atoms with Gasteiger partial charge >= 0.3 is 0 Å². The van der Waals surface area contributed by atoms with Gasteiger partial charge in [-0.05, 0) is 33.0 Å². The predicted molar refractivity (Wildman–Crippen MR) is 103 cm³/mol. The fourth-order valence-electron chi connectivity index (χ4n) is 2.44. The topological polar surface area (TPSA) is 96.3 Å². The van der Waals surface area contributed by atoms with E-state index in [0.717, 1.165) is 13.0 Å². The molecule has 2 heterocycles. The molecule has 9 heteroatoms. The van der Waals surface area contributed by atoms with Crippen molar-refractivity contribution < 1.29 is 9.59 Å². The molecule has 142 valence electrons. The highest BCUT2D eigenvalue weighted by Crippen LogP contribution is 2.26. The van der Waals surface area contributed by atoms with Crippen LogP contribution in [-0.2, 0) is 11.3 Å². The maximum atomic E-state index is 12.7. The van der Waals surface area contributed by atoms with Crippen LogP contribution < -0.4 is 16.2 Å². The van der Waals surface area contributed by atoms with Gasteiger partial charge in [0.1, 0.15) is 11.4 Å². The zero-order chi connectivity index (χ0) is 19.3. The molecule has 2 N–H and O–H groups in total. The zero-order valence-corrected chi connectivity index (χ0v) is 16.4. The minimum atomic E-state index is -0.303. The molecule has 0 aromatic carbocycles. The largest absolute Gasteiger partial charge is 0.355 e. The molecule has 0 spiro atoms. The van der Waals surface area contributed by atoms with E-state index in [1.165, 1.54) is 22.2 Å². The number of hydrogen-bond donors (Lipinski definition) is 2. The standard InChI is InChI=1S/C17H25N5O3S/c1-5-6-18-12(23)9-22-10-20-16-13(17(22)25)11(2)14(26-16)15(24)19-7-8-21(3)4/h10H,5-9H2,1-4H3,(H,18,23)(H,19,24). The number of nitrogens with one attached hydrogen (secondary N) is 2. The van der Waals surface area contributed by atoms with E-state index in [-0.39, 0.29) is 23.9 Å². The molecule has 0 saturated carbocycles. The molecule has 0 saturated heterocycles. The maximum Gasteiger partial charge on any atom is 0.262 e. The van der Waals surface area contributed by atoms with Gasteiger partial charge in [-0.15, -0.1) is 11.3 Å². The van der Waals surface area contributed by atoms with Gasteiger partial charge in [0.25, 0.3) is 11.5 Å². The van der Waals surface area contributed by atoms with Gasteiger partial charge in [0.2, 0.25) is 5.91 Å². The molecule has 0 bridgehead atoms. The second kappa shape index (κ2) is 8.91. The van der Waals surface area contributed by atoms with Crippen molar-refractivity contribution in [1.29, 1.82) is 0 Å². The number of rotatable bonds is 8. The second-order valence-electron chi connectivity index (χ2n) is 6.32. The van der Waals surface area contributed by atoms with Crippen LogP contribution >= 0.6 is 11.3 Å². The lowest BCUT2D eigenvalue weighted by molar-refractivity contribution is -0.121. The number of fused-ring (bicyclic) bond motifs is 1. The summed E-state index contributed by atoms with van der Waals surface area (Å²) in [6, 6.07) is 0. The van der Waals surface area contributed by atoms with E-state index in [1.54, 1.807) is 6.92 Å². The van der Waals surface area contributed by atoms with Crippen LogP contribution in [-0.4, -0.2) is 60.0 Å². The van der Waals surface area contributed by atoms with Gasteiger partial charge in [-0.2, -0.15) is 0 Å². The minimum absolute atomic E-state index is 0.0819. The quantitative estimate of drug-likeness (QED) is 0.700. The van der Waals surface area contributed by atoms with Crippen LogP contribution in [0, 0.1) is 6.92 Å². The molecule has 8 nitrogen and oxygen atoms in total. The number of thiophene rings is 1. The molecule has 2 aromatic rings. The van der Waals surface area contributed by atoms with Gasteiger partial charge in [0.15, 0.2) is 0 Å². The lowest BCUT2D eigenvalue weighted by atomic mass is 10.2. The normalized spacial score (nSPS) is 11.1. The number of likely N-dealkylation sites (N-methyl/N-ethyl adjacent to an activating group) is 1. The molecule has 26 heavy (non-hydrogen) atoms. The molecule has 2 rings (SSSR count). The second-order valence-corrected chi connectivity index (χ2v) is 7.32. The van der Waals surface area contributed by atoms with Crippen molar-refractivity contribution in [1.82, 2.24) is 25.1 Å². The van der Waals surface area contributed by atoms with Gasteiger partial charge in [-0.25, -0.2) is 4.98 Å². The van der Waals surface area contributed by atoms with Gasteiger partial charge in [-0.1, -0.05) is 6.92 Å². The monoisotopic (exact) mass is 379 g/mol. The third-order valence-corrected chi connectivity index (χ3v) is 5.05. The minimum Gasteiger partial charge on any atom is -0.355 e. The molecule has 2 amide bonds. The Morgan fingerprint density at radius 3 is 2.65 bits per heavy atom. The lowest BCUT2D eigenvalue weighted by Crippen LogP contribution is -2.33. The Balaban J connectivity index is 2.25. The number of nitrogens with zero attached hydrogens (tertiary/aromatic N) is 3. The van der Waals surface area contributed by atoms with E-state index < -0.39 is 0 Å². The third-order valence-electron chi connectivity index (χ3n) is 3.85. The van der Waals surface area contributed by atoms with E-state index in [4.69, 9.17) is 0 Å². The van der Waals surface area contributed by atoms with Crippen LogP contribution in [0.3, 0.4) is 0 Å². The first-order chi connectivity index (χ1) is 12.3. The maximum absolute atomic E-state index is 12.7. The molecule has 0 aliphatic rings. The van der Waals surface area contributed by atoms with Crippen LogP contribution in [0.1, 0.15) is 28.6 Å². The van der Waals surface area contributed by atoms with Gasteiger partial charge in [0, 0.05) is 19.6 Å². The Bertz CT molecular complexity index is 856. The zero-order valence-electron chi connectivity index (χ0n) is 15.6. The van der Waals surface area contributed by atoms with Crippen LogP contribution in [0.15, 0.2) is 11.1 Å². The summed E-state index contributed by atoms with van der Waals surface area (Å²) in [4.78, 5) is 44.2. The number of carbonyl (C=O) groups is 2. The number of carbonyl (C=O) groups excluding carboxylic acids is 2. The van der Waals surface area contributed by atoms with Crippen molar-refractivity contribution in [2.45, 2.75) is 26.8 Å². The molecule has 2 aromatic heterocycles. The van der Waals surface area contributed by atoms with Gasteiger partial charge in [0.05, 0.1) is 16.6 Å². The van der Waals surface area contributed by atoms with Crippen LogP contribution in [0.5, 0.6) is 0 Å². The third kappa shape index (κ3) is 4.67. The summed E-state index contributed by atoms with van der Waals surface area (Å²) in [6.07, 6.45) is 2.19. The van der Waals surface area contributed by atoms with Crippen LogP contribution in [0.2, 0.25) is 0 Å². The summed E-state index contributed by atoms with van der Waals surface area (Å²) in [5.74, 6) is -0.441. The van der Waals surface area contributed by atoms with Crippen molar-refractivity contribution in [2.75, 3.05) is 33.7 Å². The summed E-state index contributed by atoms with van der Waals surface area (Å²) < 4.78 is 1.28. The van der Waals surface area contributed by atoms with Crippen molar-refractivity contribution in [3.05, 3.63) is 27.1 Å². The molecule has 0 aliphatic heterocycles. The fourth-order valence-corrected chi connectivity index (χ4v) is 3.49. The SMILES string of the molecule is CCCNC(=O)Cn1cnc2sc(C(=O)NCCN(C)C)c(C)c2c1=O. The van der Waals surface area contributed by atoms with Crippen molar-refractivity contribution in [2.24, 2.45) is 0 Å². The first kappa shape index (κ1) is 20.1. The Morgan fingerprint density at radius 2 is 2.00 bits per heavy atom. The van der Waals surface area contributed by atoms with E-state index >= 15 is 0 Å². The summed E-state index contributed by atoms with van der Waals surface area (Å²) in [6.45, 7) is 5.44. The smallest absolute Gasteiger partial charge is 0.262 e. The number of hydrogen-bond acceptors (Lipinski definition) is 6. The van der Waals surface area contributed by atoms with E-state index in [1.807, 2.05) is 25.9 Å². The Hall–Kier alpha value is -2.26. The average Bonchev–Trinajstić information content (AvgIpc) is 2.92. The van der Waals surface area contributed by atoms with Gasteiger partial charge in [-0.3, -0.25) is 19.0 Å². The highest BCUT2D eigenvalue weighted by Gasteiger charge is 2.19. The first-order valence-corrected chi connectivity index (χ1v) is 9.35. The molecule has 0 fully saturated rings. The van der Waals surface area contributed by atoms with Crippen molar-refractivity contribution in [3.63, 3.8) is 0 Å². The molecule has 0 atom stereocenters. The number of aromatic nitrogens is 2. The highest BCUT2D eigenvalue weighted by molar-refractivity contribution is 7.20. The molecule has 0 radical (unpaired) electrons. The predicted octanol–water partition coefficient (Wildman–Crippen LogP) is 0.584.